The summed E-state index contributed by atoms with van der Waals surface area (Å²) in [6.45, 7) is 0.124. The van der Waals surface area contributed by atoms with Gasteiger partial charge in [0.05, 0.1) is 10.9 Å². The number of hydrogen-bond donors (Lipinski definition) is 1. The van der Waals surface area contributed by atoms with Crippen molar-refractivity contribution in [1.29, 1.82) is 0 Å². The molecule has 1 aromatic heterocycles. The zero-order valence-corrected chi connectivity index (χ0v) is 16.4. The Morgan fingerprint density at radius 3 is 2.63 bits per heavy atom. The maximum absolute atomic E-state index is 12.5. The third kappa shape index (κ3) is 4.87. The van der Waals surface area contributed by atoms with Gasteiger partial charge in [0, 0.05) is 11.9 Å². The van der Waals surface area contributed by atoms with Crippen LogP contribution in [0.4, 0.5) is 4.79 Å². The Morgan fingerprint density at radius 1 is 1.22 bits per heavy atom. The van der Waals surface area contributed by atoms with Crippen molar-refractivity contribution in [3.8, 4) is 0 Å². The van der Waals surface area contributed by atoms with Crippen LogP contribution in [0.1, 0.15) is 16.9 Å². The molecule has 6 nitrogen and oxygen atoms in total. The lowest BCUT2D eigenvalue weighted by molar-refractivity contribution is -0.136. The van der Waals surface area contributed by atoms with E-state index >= 15 is 0 Å². The van der Waals surface area contributed by atoms with Gasteiger partial charge in [-0.1, -0.05) is 41.9 Å². The number of nitrogens with zero attached hydrogens (tertiary/aromatic N) is 2. The van der Waals surface area contributed by atoms with Crippen LogP contribution in [0, 0.1) is 0 Å². The molecule has 2 heterocycles. The molecule has 142 valence electrons. The van der Waals surface area contributed by atoms with Crippen molar-refractivity contribution in [1.82, 2.24) is 15.1 Å². The Kier molecular flexibility index (Phi) is 6.13. The van der Waals surface area contributed by atoms with Crippen molar-refractivity contribution in [3.05, 3.63) is 57.2 Å². The SMILES string of the molecule is CN(Cc1ccc(Cl)s1)C(=O)CN1C(=O)N[C@H](CCc2ccccc2)C1=O. The number of urea groups is 1. The first-order chi connectivity index (χ1) is 12.9. The van der Waals surface area contributed by atoms with E-state index in [0.717, 1.165) is 15.3 Å². The first-order valence-electron chi connectivity index (χ1n) is 8.58. The standard InChI is InChI=1S/C19H20ClN3O3S/c1-22(11-14-8-10-16(20)27-14)17(24)12-23-18(25)15(21-19(23)26)9-7-13-5-3-2-4-6-13/h2-6,8,10,15H,7,9,11-12H2,1H3,(H,21,26)/t15-/m1/s1. The van der Waals surface area contributed by atoms with Crippen LogP contribution in [0.2, 0.25) is 4.34 Å². The smallest absolute Gasteiger partial charge is 0.325 e. The van der Waals surface area contributed by atoms with Gasteiger partial charge in [-0.2, -0.15) is 0 Å². The number of benzene rings is 1. The van der Waals surface area contributed by atoms with E-state index in [4.69, 9.17) is 11.6 Å². The molecular weight excluding hydrogens is 386 g/mol. The van der Waals surface area contributed by atoms with E-state index in [1.807, 2.05) is 36.4 Å². The van der Waals surface area contributed by atoms with Crippen LogP contribution in [-0.2, 0) is 22.6 Å². The van der Waals surface area contributed by atoms with E-state index in [9.17, 15) is 14.4 Å². The van der Waals surface area contributed by atoms with Crippen LogP contribution in [0.15, 0.2) is 42.5 Å². The molecule has 0 aliphatic carbocycles. The number of carbonyl (C=O) groups excluding carboxylic acids is 3. The number of aryl methyl sites for hydroxylation is 1. The van der Waals surface area contributed by atoms with Crippen LogP contribution in [0.5, 0.6) is 0 Å². The molecule has 1 aliphatic heterocycles. The second kappa shape index (κ2) is 8.54. The largest absolute Gasteiger partial charge is 0.339 e. The Morgan fingerprint density at radius 2 is 1.96 bits per heavy atom. The number of imide groups is 1. The molecule has 8 heteroatoms. The van der Waals surface area contributed by atoms with Crippen molar-refractivity contribution in [2.45, 2.75) is 25.4 Å². The molecule has 27 heavy (non-hydrogen) atoms. The molecule has 2 aromatic rings. The molecule has 4 amide bonds. The fraction of sp³-hybridized carbons (Fsp3) is 0.316. The van der Waals surface area contributed by atoms with Gasteiger partial charge in [-0.05, 0) is 30.5 Å². The number of likely N-dealkylation sites (N-methyl/N-ethyl adjacent to an activating group) is 1. The van der Waals surface area contributed by atoms with E-state index in [2.05, 4.69) is 5.32 Å². The van der Waals surface area contributed by atoms with Crippen molar-refractivity contribution < 1.29 is 14.4 Å². The predicted octanol–water partition coefficient (Wildman–Crippen LogP) is 2.91. The Balaban J connectivity index is 1.54. The normalized spacial score (nSPS) is 16.5. The zero-order chi connectivity index (χ0) is 19.4. The van der Waals surface area contributed by atoms with Crippen LogP contribution in [-0.4, -0.2) is 47.3 Å². The number of halogens is 1. The summed E-state index contributed by atoms with van der Waals surface area (Å²) in [7, 11) is 1.64. The fourth-order valence-corrected chi connectivity index (χ4v) is 4.03. The Labute approximate surface area is 166 Å². The minimum atomic E-state index is -0.591. The molecule has 1 aliphatic rings. The van der Waals surface area contributed by atoms with Gasteiger partial charge in [-0.15, -0.1) is 11.3 Å². The topological polar surface area (TPSA) is 69.7 Å². The van der Waals surface area contributed by atoms with Gasteiger partial charge in [0.1, 0.15) is 12.6 Å². The van der Waals surface area contributed by atoms with Gasteiger partial charge >= 0.3 is 6.03 Å². The summed E-state index contributed by atoms with van der Waals surface area (Å²) in [5, 5.41) is 2.67. The summed E-state index contributed by atoms with van der Waals surface area (Å²) in [6, 6.07) is 12.3. The van der Waals surface area contributed by atoms with Gasteiger partial charge < -0.3 is 10.2 Å². The van der Waals surface area contributed by atoms with Crippen LogP contribution >= 0.6 is 22.9 Å². The highest BCUT2D eigenvalue weighted by Gasteiger charge is 2.38. The number of carbonyl (C=O) groups is 3. The van der Waals surface area contributed by atoms with Crippen molar-refractivity contribution in [2.24, 2.45) is 0 Å². The van der Waals surface area contributed by atoms with Crippen LogP contribution < -0.4 is 5.32 Å². The molecule has 0 radical (unpaired) electrons. The predicted molar refractivity (Wildman–Crippen MR) is 105 cm³/mol. The number of thiophene rings is 1. The highest BCUT2D eigenvalue weighted by Crippen LogP contribution is 2.22. The molecular formula is C19H20ClN3O3S. The Hall–Kier alpha value is -2.38. The number of amides is 4. The van der Waals surface area contributed by atoms with E-state index < -0.39 is 12.1 Å². The van der Waals surface area contributed by atoms with E-state index in [1.165, 1.54) is 16.2 Å². The second-order valence-corrected chi connectivity index (χ2v) is 8.21. The summed E-state index contributed by atoms with van der Waals surface area (Å²) in [4.78, 5) is 40.5. The van der Waals surface area contributed by atoms with Crippen LogP contribution in [0.3, 0.4) is 0 Å². The average Bonchev–Trinajstić information content (AvgIpc) is 3.18. The van der Waals surface area contributed by atoms with E-state index in [1.54, 1.807) is 13.1 Å². The molecule has 1 aromatic carbocycles. The molecule has 0 unspecified atom stereocenters. The van der Waals surface area contributed by atoms with E-state index in [0.29, 0.717) is 23.7 Å². The minimum absolute atomic E-state index is 0.262. The third-order valence-corrected chi connectivity index (χ3v) is 5.63. The zero-order valence-electron chi connectivity index (χ0n) is 14.9. The Bertz CT molecular complexity index is 840. The highest BCUT2D eigenvalue weighted by molar-refractivity contribution is 7.16. The maximum Gasteiger partial charge on any atom is 0.325 e. The van der Waals surface area contributed by atoms with Gasteiger partial charge in [0.15, 0.2) is 0 Å². The van der Waals surface area contributed by atoms with Gasteiger partial charge in [0.25, 0.3) is 5.91 Å². The summed E-state index contributed by atoms with van der Waals surface area (Å²) in [5.74, 6) is -0.649. The molecule has 1 fully saturated rings. The van der Waals surface area contributed by atoms with E-state index in [-0.39, 0.29) is 18.4 Å². The monoisotopic (exact) mass is 405 g/mol. The summed E-state index contributed by atoms with van der Waals surface area (Å²) >= 11 is 7.29. The highest BCUT2D eigenvalue weighted by atomic mass is 35.5. The molecule has 1 saturated heterocycles. The first kappa shape index (κ1) is 19.4. The number of rotatable bonds is 7. The average molecular weight is 406 g/mol. The molecule has 0 spiro atoms. The first-order valence-corrected chi connectivity index (χ1v) is 9.77. The lowest BCUT2D eigenvalue weighted by Crippen LogP contribution is -2.41. The van der Waals surface area contributed by atoms with Crippen molar-refractivity contribution >= 4 is 40.8 Å². The lowest BCUT2D eigenvalue weighted by Gasteiger charge is -2.19. The number of hydrogen-bond acceptors (Lipinski definition) is 4. The lowest BCUT2D eigenvalue weighted by atomic mass is 10.1. The summed E-state index contributed by atoms with van der Waals surface area (Å²) in [6.07, 6.45) is 1.18. The minimum Gasteiger partial charge on any atom is -0.339 e. The molecule has 0 saturated carbocycles. The number of nitrogens with one attached hydrogen (secondary N) is 1. The maximum atomic E-state index is 12.5. The van der Waals surface area contributed by atoms with Gasteiger partial charge in [0.2, 0.25) is 5.91 Å². The fourth-order valence-electron chi connectivity index (χ4n) is 2.89. The molecule has 1 atom stereocenters. The van der Waals surface area contributed by atoms with Crippen molar-refractivity contribution in [2.75, 3.05) is 13.6 Å². The van der Waals surface area contributed by atoms with Crippen LogP contribution in [0.25, 0.3) is 0 Å². The van der Waals surface area contributed by atoms with Gasteiger partial charge in [-0.3, -0.25) is 14.5 Å². The third-order valence-electron chi connectivity index (χ3n) is 4.41. The molecule has 0 bridgehead atoms. The summed E-state index contributed by atoms with van der Waals surface area (Å²) in [5.41, 5.74) is 1.10. The van der Waals surface area contributed by atoms with Gasteiger partial charge in [-0.25, -0.2) is 4.79 Å². The molecule has 3 rings (SSSR count). The summed E-state index contributed by atoms with van der Waals surface area (Å²) < 4.78 is 0.654. The quantitative estimate of drug-likeness (QED) is 0.720. The van der Waals surface area contributed by atoms with Crippen molar-refractivity contribution in [3.63, 3.8) is 0 Å². The molecule has 1 N–H and O–H groups in total. The second-order valence-electron chi connectivity index (χ2n) is 6.41.